The Morgan fingerprint density at radius 1 is 1.80 bits per heavy atom. The van der Waals surface area contributed by atoms with Crippen LogP contribution >= 0.6 is 0 Å². The van der Waals surface area contributed by atoms with Crippen LogP contribution in [-0.2, 0) is 0 Å². The predicted octanol–water partition coefficient (Wildman–Crippen LogP) is 1.58. The van der Waals surface area contributed by atoms with Gasteiger partial charge in [-0.25, -0.2) is 0 Å². The average molecular weight is 140 g/mol. The number of amidine groups is 1. The summed E-state index contributed by atoms with van der Waals surface area (Å²) >= 11 is 0. The molecule has 0 rings (SSSR count). The molecule has 0 aromatic rings. The highest BCUT2D eigenvalue weighted by molar-refractivity contribution is 5.77. The van der Waals surface area contributed by atoms with Gasteiger partial charge in [0.15, 0.2) is 0 Å². The highest BCUT2D eigenvalue weighted by Crippen LogP contribution is 2.01. The van der Waals surface area contributed by atoms with E-state index >= 15 is 0 Å². The lowest BCUT2D eigenvalue weighted by Crippen LogP contribution is -2.08. The summed E-state index contributed by atoms with van der Waals surface area (Å²) in [6.45, 7) is 8.40. The molecule has 0 saturated heterocycles. The molecule has 0 aromatic carbocycles. The fourth-order valence-electron chi connectivity index (χ4n) is 0.659. The Bertz CT molecular complexity index is 123. The van der Waals surface area contributed by atoms with Gasteiger partial charge in [0.25, 0.3) is 0 Å². The number of hydrogen-bond acceptors (Lipinski definition) is 1. The zero-order valence-corrected chi connectivity index (χ0v) is 6.80. The van der Waals surface area contributed by atoms with Gasteiger partial charge in [-0.15, -0.1) is 6.58 Å². The molecule has 1 atom stereocenters. The van der Waals surface area contributed by atoms with Crippen molar-refractivity contribution in [1.82, 2.24) is 0 Å². The number of rotatable bonds is 4. The topological polar surface area (TPSA) is 38.4 Å². The molecule has 0 aromatic heterocycles. The Morgan fingerprint density at radius 3 is 2.80 bits per heavy atom. The molecule has 1 unspecified atom stereocenters. The SMILES string of the molecule is C=CCC(C)CN=C(C)N. The molecule has 0 radical (unpaired) electrons. The molecule has 2 N–H and O–H groups in total. The van der Waals surface area contributed by atoms with Crippen LogP contribution < -0.4 is 5.73 Å². The quantitative estimate of drug-likeness (QED) is 0.359. The highest BCUT2D eigenvalue weighted by atomic mass is 14.8. The van der Waals surface area contributed by atoms with Crippen molar-refractivity contribution in [3.63, 3.8) is 0 Å². The van der Waals surface area contributed by atoms with E-state index in [9.17, 15) is 0 Å². The molecule has 0 fully saturated rings. The lowest BCUT2D eigenvalue weighted by atomic mass is 10.1. The van der Waals surface area contributed by atoms with Gasteiger partial charge >= 0.3 is 0 Å². The molecule has 2 nitrogen and oxygen atoms in total. The Hall–Kier alpha value is -0.790. The Labute approximate surface area is 62.8 Å². The van der Waals surface area contributed by atoms with E-state index in [4.69, 9.17) is 5.73 Å². The van der Waals surface area contributed by atoms with Gasteiger partial charge in [0.1, 0.15) is 0 Å². The number of aliphatic imine (C=N–C) groups is 1. The van der Waals surface area contributed by atoms with Crippen LogP contribution in [0.5, 0.6) is 0 Å². The first kappa shape index (κ1) is 9.21. The number of allylic oxidation sites excluding steroid dienone is 1. The molecule has 0 aliphatic carbocycles. The summed E-state index contributed by atoms with van der Waals surface area (Å²) in [6, 6.07) is 0. The first-order valence-electron chi connectivity index (χ1n) is 3.54. The minimum Gasteiger partial charge on any atom is -0.388 e. The molecule has 0 bridgehead atoms. The first-order valence-corrected chi connectivity index (χ1v) is 3.54. The molecule has 58 valence electrons. The van der Waals surface area contributed by atoms with Crippen LogP contribution in [0, 0.1) is 5.92 Å². The Morgan fingerprint density at radius 2 is 2.40 bits per heavy atom. The normalized spacial score (nSPS) is 14.8. The van der Waals surface area contributed by atoms with E-state index in [1.807, 2.05) is 6.08 Å². The van der Waals surface area contributed by atoms with E-state index in [2.05, 4.69) is 18.5 Å². The van der Waals surface area contributed by atoms with Crippen molar-refractivity contribution in [2.24, 2.45) is 16.6 Å². The second kappa shape index (κ2) is 5.03. The van der Waals surface area contributed by atoms with E-state index in [-0.39, 0.29) is 0 Å². The van der Waals surface area contributed by atoms with Crippen LogP contribution in [0.3, 0.4) is 0 Å². The van der Waals surface area contributed by atoms with E-state index in [0.29, 0.717) is 11.8 Å². The molecule has 0 aliphatic rings. The molecule has 0 saturated carbocycles. The van der Waals surface area contributed by atoms with Crippen molar-refractivity contribution < 1.29 is 0 Å². The van der Waals surface area contributed by atoms with Crippen molar-refractivity contribution in [1.29, 1.82) is 0 Å². The van der Waals surface area contributed by atoms with Gasteiger partial charge in [-0.2, -0.15) is 0 Å². The lowest BCUT2D eigenvalue weighted by Gasteiger charge is -2.03. The smallest absolute Gasteiger partial charge is 0.0905 e. The number of nitrogens with two attached hydrogens (primary N) is 1. The minimum absolute atomic E-state index is 0.566. The Balaban J connectivity index is 3.48. The minimum atomic E-state index is 0.566. The van der Waals surface area contributed by atoms with Gasteiger partial charge in [0, 0.05) is 6.54 Å². The Kier molecular flexibility index (Phi) is 4.63. The van der Waals surface area contributed by atoms with Crippen LogP contribution in [0.15, 0.2) is 17.6 Å². The van der Waals surface area contributed by atoms with E-state index in [1.54, 1.807) is 6.92 Å². The van der Waals surface area contributed by atoms with Gasteiger partial charge in [-0.1, -0.05) is 13.0 Å². The third kappa shape index (κ3) is 5.35. The largest absolute Gasteiger partial charge is 0.388 e. The summed E-state index contributed by atoms with van der Waals surface area (Å²) < 4.78 is 0. The summed E-state index contributed by atoms with van der Waals surface area (Å²) in [5, 5.41) is 0. The van der Waals surface area contributed by atoms with Crippen LogP contribution in [0.2, 0.25) is 0 Å². The monoisotopic (exact) mass is 140 g/mol. The number of hydrogen-bond donors (Lipinski definition) is 1. The van der Waals surface area contributed by atoms with Crippen molar-refractivity contribution >= 4 is 5.84 Å². The van der Waals surface area contributed by atoms with E-state index < -0.39 is 0 Å². The molecule has 10 heavy (non-hydrogen) atoms. The fraction of sp³-hybridized carbons (Fsp3) is 0.625. The van der Waals surface area contributed by atoms with Gasteiger partial charge in [0.05, 0.1) is 5.84 Å². The molecular weight excluding hydrogens is 124 g/mol. The summed E-state index contributed by atoms with van der Waals surface area (Å²) in [5.41, 5.74) is 5.36. The summed E-state index contributed by atoms with van der Waals surface area (Å²) in [5.74, 6) is 1.23. The van der Waals surface area contributed by atoms with Crippen LogP contribution in [0.4, 0.5) is 0 Å². The van der Waals surface area contributed by atoms with Crippen molar-refractivity contribution in [3.05, 3.63) is 12.7 Å². The average Bonchev–Trinajstić information content (AvgIpc) is 1.85. The van der Waals surface area contributed by atoms with Gasteiger partial charge in [-0.05, 0) is 19.3 Å². The van der Waals surface area contributed by atoms with Crippen molar-refractivity contribution in [3.8, 4) is 0 Å². The van der Waals surface area contributed by atoms with E-state index in [0.717, 1.165) is 13.0 Å². The second-order valence-corrected chi connectivity index (χ2v) is 2.61. The summed E-state index contributed by atoms with van der Waals surface area (Å²) in [7, 11) is 0. The molecular formula is C8H16N2. The first-order chi connectivity index (χ1) is 4.66. The maximum absolute atomic E-state index is 5.36. The van der Waals surface area contributed by atoms with Crippen LogP contribution in [0.25, 0.3) is 0 Å². The zero-order valence-electron chi connectivity index (χ0n) is 6.80. The molecule has 2 heteroatoms. The number of nitrogens with zero attached hydrogens (tertiary/aromatic N) is 1. The summed E-state index contributed by atoms with van der Waals surface area (Å²) in [6.07, 6.45) is 2.92. The van der Waals surface area contributed by atoms with Crippen molar-refractivity contribution in [2.45, 2.75) is 20.3 Å². The second-order valence-electron chi connectivity index (χ2n) is 2.61. The molecule has 0 heterocycles. The molecule has 0 amide bonds. The zero-order chi connectivity index (χ0) is 7.98. The lowest BCUT2D eigenvalue weighted by molar-refractivity contribution is 0.607. The summed E-state index contributed by atoms with van der Waals surface area (Å²) in [4.78, 5) is 4.09. The maximum atomic E-state index is 5.36. The highest BCUT2D eigenvalue weighted by Gasteiger charge is 1.95. The maximum Gasteiger partial charge on any atom is 0.0905 e. The van der Waals surface area contributed by atoms with Gasteiger partial charge in [-0.3, -0.25) is 4.99 Å². The third-order valence-electron chi connectivity index (χ3n) is 1.22. The predicted molar refractivity (Wildman–Crippen MR) is 46.1 cm³/mol. The van der Waals surface area contributed by atoms with Gasteiger partial charge < -0.3 is 5.73 Å². The van der Waals surface area contributed by atoms with Crippen molar-refractivity contribution in [2.75, 3.05) is 6.54 Å². The van der Waals surface area contributed by atoms with Crippen LogP contribution in [0.1, 0.15) is 20.3 Å². The van der Waals surface area contributed by atoms with Crippen LogP contribution in [-0.4, -0.2) is 12.4 Å². The fourth-order valence-corrected chi connectivity index (χ4v) is 0.659. The third-order valence-corrected chi connectivity index (χ3v) is 1.22. The van der Waals surface area contributed by atoms with E-state index in [1.165, 1.54) is 0 Å². The molecule has 0 spiro atoms. The standard InChI is InChI=1S/C8H16N2/c1-4-5-7(2)6-10-8(3)9/h4,7H,1,5-6H2,2-3H3,(H2,9,10). The van der Waals surface area contributed by atoms with Gasteiger partial charge in [0.2, 0.25) is 0 Å². The molecule has 0 aliphatic heterocycles.